The van der Waals surface area contributed by atoms with Crippen LogP contribution in [0.1, 0.15) is 16.3 Å². The fourth-order valence-corrected chi connectivity index (χ4v) is 4.75. The lowest BCUT2D eigenvalue weighted by molar-refractivity contribution is 0.388. The third-order valence-electron chi connectivity index (χ3n) is 4.38. The third-order valence-corrected chi connectivity index (χ3v) is 6.47. The van der Waals surface area contributed by atoms with Crippen molar-refractivity contribution in [1.82, 2.24) is 20.1 Å². The predicted octanol–water partition coefficient (Wildman–Crippen LogP) is 4.67. The van der Waals surface area contributed by atoms with Gasteiger partial charge in [0, 0.05) is 16.3 Å². The molecule has 4 rings (SSSR count). The van der Waals surface area contributed by atoms with Crippen LogP contribution in [0, 0.1) is 13.8 Å². The van der Waals surface area contributed by atoms with Crippen molar-refractivity contribution in [1.29, 1.82) is 0 Å². The van der Waals surface area contributed by atoms with Gasteiger partial charge in [-0.1, -0.05) is 16.9 Å². The summed E-state index contributed by atoms with van der Waals surface area (Å²) in [5.41, 5.74) is 1.97. The van der Waals surface area contributed by atoms with E-state index in [0.717, 1.165) is 20.8 Å². The Morgan fingerprint density at radius 1 is 1.14 bits per heavy atom. The third kappa shape index (κ3) is 3.43. The molecule has 0 amide bonds. The van der Waals surface area contributed by atoms with Crippen LogP contribution in [0.5, 0.6) is 11.5 Å². The number of ether oxygens (including phenoxy) is 2. The Labute approximate surface area is 170 Å². The molecule has 0 aliphatic heterocycles. The Morgan fingerprint density at radius 3 is 2.79 bits per heavy atom. The number of hydrogen-bond acceptors (Lipinski definition) is 9. The van der Waals surface area contributed by atoms with Crippen molar-refractivity contribution in [2.24, 2.45) is 0 Å². The Balaban J connectivity index is 1.57. The van der Waals surface area contributed by atoms with Crippen LogP contribution in [0.15, 0.2) is 34.1 Å². The first kappa shape index (κ1) is 18.7. The molecular weight excluding hydrogens is 396 g/mol. The molecule has 4 aromatic rings. The molecule has 0 fully saturated rings. The molecular formula is C19H18N4O3S2. The zero-order valence-corrected chi connectivity index (χ0v) is 17.5. The van der Waals surface area contributed by atoms with Gasteiger partial charge in [0.25, 0.3) is 0 Å². The number of aryl methyl sites for hydroxylation is 2. The lowest BCUT2D eigenvalue weighted by atomic mass is 10.2. The number of rotatable bonds is 6. The second-order valence-electron chi connectivity index (χ2n) is 6.01. The summed E-state index contributed by atoms with van der Waals surface area (Å²) in [7, 11) is 3.21. The van der Waals surface area contributed by atoms with Crippen molar-refractivity contribution in [2.75, 3.05) is 14.2 Å². The van der Waals surface area contributed by atoms with Crippen molar-refractivity contribution in [3.05, 3.63) is 40.9 Å². The topological polar surface area (TPSA) is 83.2 Å². The lowest BCUT2D eigenvalue weighted by Gasteiger charge is -2.07. The van der Waals surface area contributed by atoms with Crippen LogP contribution < -0.4 is 9.47 Å². The molecule has 28 heavy (non-hydrogen) atoms. The van der Waals surface area contributed by atoms with E-state index in [-0.39, 0.29) is 0 Å². The number of methoxy groups -OCH3 is 2. The molecule has 0 atom stereocenters. The van der Waals surface area contributed by atoms with E-state index in [2.05, 4.69) is 34.0 Å². The van der Waals surface area contributed by atoms with Gasteiger partial charge in [0.15, 0.2) is 0 Å². The Morgan fingerprint density at radius 2 is 2.00 bits per heavy atom. The minimum absolute atomic E-state index is 0.477. The maximum absolute atomic E-state index is 5.43. The summed E-state index contributed by atoms with van der Waals surface area (Å²) >= 11 is 3.25. The largest absolute Gasteiger partial charge is 0.497 e. The van der Waals surface area contributed by atoms with Gasteiger partial charge in [-0.05, 0) is 31.5 Å². The van der Waals surface area contributed by atoms with Crippen LogP contribution in [-0.2, 0) is 5.75 Å². The minimum Gasteiger partial charge on any atom is -0.497 e. The van der Waals surface area contributed by atoms with Crippen LogP contribution in [0.2, 0.25) is 0 Å². The minimum atomic E-state index is 0.477. The number of hydrogen-bond donors (Lipinski definition) is 0. The van der Waals surface area contributed by atoms with Crippen LogP contribution in [-0.4, -0.2) is 34.3 Å². The van der Waals surface area contributed by atoms with Crippen molar-refractivity contribution in [2.45, 2.75) is 24.6 Å². The molecule has 0 saturated carbocycles. The molecule has 1 aromatic carbocycles. The summed E-state index contributed by atoms with van der Waals surface area (Å²) in [6, 6.07) is 5.48. The molecule has 3 aromatic heterocycles. The molecule has 0 unspecified atom stereocenters. The molecule has 0 spiro atoms. The average molecular weight is 415 g/mol. The van der Waals surface area contributed by atoms with Gasteiger partial charge in [-0.25, -0.2) is 9.97 Å². The SMILES string of the molecule is COc1ccc(-c2noc(CSc3ncnc4sc(C)c(C)c34)n2)c(OC)c1. The molecule has 144 valence electrons. The first-order valence-electron chi connectivity index (χ1n) is 8.49. The smallest absolute Gasteiger partial charge is 0.237 e. The highest BCUT2D eigenvalue weighted by Gasteiger charge is 2.16. The Hall–Kier alpha value is -2.65. The van der Waals surface area contributed by atoms with Crippen molar-refractivity contribution in [3.63, 3.8) is 0 Å². The molecule has 0 N–H and O–H groups in total. The predicted molar refractivity (Wildman–Crippen MR) is 109 cm³/mol. The second-order valence-corrected chi connectivity index (χ2v) is 8.18. The van der Waals surface area contributed by atoms with Crippen LogP contribution in [0.25, 0.3) is 21.6 Å². The van der Waals surface area contributed by atoms with Gasteiger partial charge in [0.2, 0.25) is 11.7 Å². The summed E-state index contributed by atoms with van der Waals surface area (Å²) in [6.07, 6.45) is 1.60. The maximum atomic E-state index is 5.43. The fraction of sp³-hybridized carbons (Fsp3) is 0.263. The standard InChI is InChI=1S/C19H18N4O3S2/c1-10-11(2)28-19-16(10)18(20-9-21-19)27-8-15-22-17(23-26-15)13-6-5-12(24-3)7-14(13)25-4/h5-7,9H,8H2,1-4H3. The summed E-state index contributed by atoms with van der Waals surface area (Å²) < 4.78 is 16.1. The van der Waals surface area contributed by atoms with Gasteiger partial charge in [0.1, 0.15) is 27.7 Å². The fourth-order valence-electron chi connectivity index (χ4n) is 2.80. The van der Waals surface area contributed by atoms with Gasteiger partial charge in [-0.2, -0.15) is 4.98 Å². The van der Waals surface area contributed by atoms with Gasteiger partial charge in [-0.15, -0.1) is 11.3 Å². The normalized spacial score (nSPS) is 11.1. The van der Waals surface area contributed by atoms with Crippen LogP contribution in [0.4, 0.5) is 0 Å². The summed E-state index contributed by atoms with van der Waals surface area (Å²) in [5.74, 6) is 2.85. The Bertz CT molecular complexity index is 1140. The van der Waals surface area contributed by atoms with Gasteiger partial charge < -0.3 is 14.0 Å². The number of nitrogens with zero attached hydrogens (tertiary/aromatic N) is 4. The van der Waals surface area contributed by atoms with Crippen molar-refractivity contribution >= 4 is 33.3 Å². The zero-order valence-electron chi connectivity index (χ0n) is 15.8. The quantitative estimate of drug-likeness (QED) is 0.332. The number of thioether (sulfide) groups is 1. The van der Waals surface area contributed by atoms with E-state index < -0.39 is 0 Å². The maximum Gasteiger partial charge on any atom is 0.237 e. The van der Waals surface area contributed by atoms with E-state index in [1.54, 1.807) is 49.7 Å². The summed E-state index contributed by atoms with van der Waals surface area (Å²) in [6.45, 7) is 4.20. The van der Waals surface area contributed by atoms with Gasteiger partial charge in [0.05, 0.1) is 25.5 Å². The van der Waals surface area contributed by atoms with E-state index >= 15 is 0 Å². The summed E-state index contributed by atoms with van der Waals surface area (Å²) in [5, 5.41) is 6.12. The number of thiophene rings is 1. The molecule has 7 nitrogen and oxygen atoms in total. The summed E-state index contributed by atoms with van der Waals surface area (Å²) in [4.78, 5) is 15.6. The molecule has 0 aliphatic rings. The molecule has 9 heteroatoms. The Kier molecular flexibility index (Phi) is 5.19. The second kappa shape index (κ2) is 7.76. The zero-order chi connectivity index (χ0) is 19.7. The number of fused-ring (bicyclic) bond motifs is 1. The van der Waals surface area contributed by atoms with Crippen molar-refractivity contribution in [3.8, 4) is 22.9 Å². The van der Waals surface area contributed by atoms with Crippen LogP contribution in [0.3, 0.4) is 0 Å². The highest BCUT2D eigenvalue weighted by atomic mass is 32.2. The molecule has 0 bridgehead atoms. The highest BCUT2D eigenvalue weighted by Crippen LogP contribution is 2.36. The molecule has 0 aliphatic carbocycles. The molecule has 0 radical (unpaired) electrons. The monoisotopic (exact) mass is 414 g/mol. The van der Waals surface area contributed by atoms with Gasteiger partial charge in [-0.3, -0.25) is 0 Å². The molecule has 0 saturated heterocycles. The van der Waals surface area contributed by atoms with E-state index in [9.17, 15) is 0 Å². The van der Waals surface area contributed by atoms with Crippen molar-refractivity contribution < 1.29 is 14.0 Å². The molecule has 3 heterocycles. The highest BCUT2D eigenvalue weighted by molar-refractivity contribution is 7.98. The lowest BCUT2D eigenvalue weighted by Crippen LogP contribution is -1.92. The van der Waals surface area contributed by atoms with E-state index in [1.165, 1.54) is 10.4 Å². The first-order chi connectivity index (χ1) is 13.6. The van der Waals surface area contributed by atoms with Crippen LogP contribution >= 0.6 is 23.1 Å². The number of aromatic nitrogens is 4. The average Bonchev–Trinajstić information content (AvgIpc) is 3.30. The van der Waals surface area contributed by atoms with E-state index in [1.807, 2.05) is 12.1 Å². The number of benzene rings is 1. The van der Waals surface area contributed by atoms with E-state index in [0.29, 0.717) is 29.0 Å². The van der Waals surface area contributed by atoms with E-state index in [4.69, 9.17) is 14.0 Å². The first-order valence-corrected chi connectivity index (χ1v) is 10.3. The van der Waals surface area contributed by atoms with Gasteiger partial charge >= 0.3 is 0 Å².